The molecule has 0 N–H and O–H groups in total. The molecule has 1 rings (SSSR count). The monoisotopic (exact) mass is 253 g/mol. The molecule has 2 nitrogen and oxygen atoms in total. The van der Waals surface area contributed by atoms with E-state index in [0.29, 0.717) is 17.8 Å². The average molecular weight is 253 g/mol. The Kier molecular flexibility index (Phi) is 5.73. The van der Waals surface area contributed by atoms with E-state index in [0.717, 1.165) is 12.8 Å². The summed E-state index contributed by atoms with van der Waals surface area (Å²) < 4.78 is 12.2. The van der Waals surface area contributed by atoms with Crippen LogP contribution < -0.4 is 0 Å². The predicted molar refractivity (Wildman–Crippen MR) is 78.1 cm³/mol. The van der Waals surface area contributed by atoms with E-state index in [9.17, 15) is 0 Å². The van der Waals surface area contributed by atoms with E-state index in [1.54, 1.807) is 0 Å². The minimum Gasteiger partial charge on any atom is -0.379 e. The average Bonchev–Trinajstić information content (AvgIpc) is 2.62. The van der Waals surface area contributed by atoms with Crippen molar-refractivity contribution in [2.45, 2.75) is 72.0 Å². The molecule has 4 unspecified atom stereocenters. The maximum absolute atomic E-state index is 6.46. The molecule has 0 amide bonds. The van der Waals surface area contributed by atoms with Gasteiger partial charge in [0.05, 0.1) is 17.7 Å². The summed E-state index contributed by atoms with van der Waals surface area (Å²) in [7, 11) is 3.97. The van der Waals surface area contributed by atoms with Gasteiger partial charge in [-0.1, -0.05) is 41.4 Å². The summed E-state index contributed by atoms with van der Waals surface area (Å²) in [5.41, 5.74) is -0.0137. The zero-order valence-electron chi connectivity index (χ0n) is 13.2. The lowest BCUT2D eigenvalue weighted by molar-refractivity contribution is -0.0618. The highest BCUT2D eigenvalue weighted by Gasteiger charge is 2.54. The normalized spacial score (nSPS) is 36.6. The fraction of sp³-hybridized carbons (Fsp3) is 1.00. The van der Waals surface area contributed by atoms with Gasteiger partial charge in [-0.25, -0.2) is 0 Å². The summed E-state index contributed by atoms with van der Waals surface area (Å²) in [5.74, 6) is 1.72. The Morgan fingerprint density at radius 2 is 1.89 bits per heavy atom. The summed E-state index contributed by atoms with van der Waals surface area (Å²) in [4.78, 5) is 0. The van der Waals surface area contributed by atoms with Gasteiger partial charge in [0.25, 0.3) is 0 Å². The molecular weight excluding hydrogens is 223 g/mol. The zero-order chi connectivity index (χ0) is 13.9. The van der Waals surface area contributed by atoms with Gasteiger partial charge in [-0.3, -0.25) is 0 Å². The van der Waals surface area contributed by atoms with Gasteiger partial charge in [0.1, 0.15) is 7.28 Å². The van der Waals surface area contributed by atoms with Crippen LogP contribution in [0.4, 0.5) is 0 Å². The molecule has 0 bridgehead atoms. The lowest BCUT2D eigenvalue weighted by atomic mass is 9.66. The molecular formula is C15H30BO2. The van der Waals surface area contributed by atoms with Crippen molar-refractivity contribution in [1.29, 1.82) is 0 Å². The molecule has 0 saturated carbocycles. The van der Waals surface area contributed by atoms with Crippen LogP contribution in [0.1, 0.15) is 47.5 Å². The molecule has 0 aromatic heterocycles. The van der Waals surface area contributed by atoms with Crippen LogP contribution in [0.25, 0.3) is 0 Å². The van der Waals surface area contributed by atoms with E-state index in [1.807, 2.05) is 7.11 Å². The number of rotatable bonds is 6. The lowest BCUT2D eigenvalue weighted by Crippen LogP contribution is -2.42. The molecule has 0 aromatic rings. The molecule has 1 heterocycles. The molecule has 105 valence electrons. The van der Waals surface area contributed by atoms with Gasteiger partial charge in [-0.2, -0.15) is 0 Å². The first kappa shape index (κ1) is 16.0. The largest absolute Gasteiger partial charge is 0.379 e. The second-order valence-corrected chi connectivity index (χ2v) is 6.40. The topological polar surface area (TPSA) is 18.5 Å². The minimum atomic E-state index is -0.0137. The SMILES string of the molecule is C[B]C1OC(CC)(CC(C)C)C(C(C)C)C1OC. The summed E-state index contributed by atoms with van der Waals surface area (Å²) in [6, 6.07) is 0.140. The van der Waals surface area contributed by atoms with Crippen LogP contribution in [-0.4, -0.2) is 32.1 Å². The Hall–Kier alpha value is -0.0151. The van der Waals surface area contributed by atoms with Crippen LogP contribution in [0, 0.1) is 17.8 Å². The summed E-state index contributed by atoms with van der Waals surface area (Å²) in [6.45, 7) is 13.5. The Balaban J connectivity index is 3.06. The van der Waals surface area contributed by atoms with E-state index in [4.69, 9.17) is 9.47 Å². The fourth-order valence-corrected chi connectivity index (χ4v) is 3.78. The lowest BCUT2D eigenvalue weighted by Gasteiger charge is -2.38. The van der Waals surface area contributed by atoms with Gasteiger partial charge in [-0.15, -0.1) is 0 Å². The van der Waals surface area contributed by atoms with Gasteiger partial charge in [0, 0.05) is 13.0 Å². The molecule has 4 atom stereocenters. The van der Waals surface area contributed by atoms with Gasteiger partial charge >= 0.3 is 0 Å². The van der Waals surface area contributed by atoms with Crippen LogP contribution in [0.15, 0.2) is 0 Å². The van der Waals surface area contributed by atoms with E-state index in [-0.39, 0.29) is 17.7 Å². The molecule has 1 aliphatic heterocycles. The van der Waals surface area contributed by atoms with Crippen LogP contribution in [0.3, 0.4) is 0 Å². The Bertz CT molecular complexity index is 255. The Labute approximate surface area is 114 Å². The standard InChI is InChI=1S/C15H30BO2/c1-8-15(9-10(2)3)12(11(4)5)13(17-7)14(16-6)18-15/h10-14H,8-9H2,1-7H3. The first-order chi connectivity index (χ1) is 8.41. The second-order valence-electron chi connectivity index (χ2n) is 6.40. The Morgan fingerprint density at radius 1 is 1.28 bits per heavy atom. The van der Waals surface area contributed by atoms with Crippen LogP contribution in [0.5, 0.6) is 0 Å². The summed E-state index contributed by atoms with van der Waals surface area (Å²) in [5, 5.41) is 0. The van der Waals surface area contributed by atoms with Crippen molar-refractivity contribution in [3.05, 3.63) is 0 Å². The summed E-state index contributed by atoms with van der Waals surface area (Å²) >= 11 is 0. The molecule has 3 heteroatoms. The van der Waals surface area contributed by atoms with Crippen LogP contribution in [0.2, 0.25) is 6.82 Å². The molecule has 0 aromatic carbocycles. The van der Waals surface area contributed by atoms with E-state index < -0.39 is 0 Å². The van der Waals surface area contributed by atoms with E-state index >= 15 is 0 Å². The maximum atomic E-state index is 6.46. The smallest absolute Gasteiger partial charge is 0.149 e. The molecule has 0 aliphatic carbocycles. The fourth-order valence-electron chi connectivity index (χ4n) is 3.78. The number of hydrogen-bond donors (Lipinski definition) is 0. The number of ether oxygens (including phenoxy) is 2. The van der Waals surface area contributed by atoms with Crippen molar-refractivity contribution in [2.24, 2.45) is 17.8 Å². The van der Waals surface area contributed by atoms with Crippen LogP contribution in [-0.2, 0) is 9.47 Å². The third-order valence-corrected chi connectivity index (χ3v) is 4.33. The molecule has 1 saturated heterocycles. The second kappa shape index (κ2) is 6.43. The highest BCUT2D eigenvalue weighted by Crippen LogP contribution is 2.47. The van der Waals surface area contributed by atoms with E-state index in [1.165, 1.54) is 0 Å². The first-order valence-corrected chi connectivity index (χ1v) is 7.41. The van der Waals surface area contributed by atoms with Gasteiger partial charge in [-0.05, 0) is 24.7 Å². The van der Waals surface area contributed by atoms with Crippen molar-refractivity contribution in [1.82, 2.24) is 0 Å². The maximum Gasteiger partial charge on any atom is 0.149 e. The predicted octanol–water partition coefficient (Wildman–Crippen LogP) is 3.58. The van der Waals surface area contributed by atoms with Gasteiger partial charge in [0.15, 0.2) is 0 Å². The third-order valence-electron chi connectivity index (χ3n) is 4.33. The molecule has 1 aliphatic rings. The highest BCUT2D eigenvalue weighted by molar-refractivity contribution is 6.35. The molecule has 0 spiro atoms. The van der Waals surface area contributed by atoms with Crippen molar-refractivity contribution in [3.63, 3.8) is 0 Å². The van der Waals surface area contributed by atoms with E-state index in [2.05, 4.69) is 48.7 Å². The minimum absolute atomic E-state index is 0.0137. The number of hydrogen-bond acceptors (Lipinski definition) is 2. The van der Waals surface area contributed by atoms with Crippen molar-refractivity contribution in [2.75, 3.05) is 7.11 Å². The van der Waals surface area contributed by atoms with Gasteiger partial charge < -0.3 is 9.47 Å². The molecule has 18 heavy (non-hydrogen) atoms. The highest BCUT2D eigenvalue weighted by atomic mass is 16.6. The molecule has 1 fully saturated rings. The van der Waals surface area contributed by atoms with Crippen molar-refractivity contribution < 1.29 is 9.47 Å². The first-order valence-electron chi connectivity index (χ1n) is 7.41. The van der Waals surface area contributed by atoms with Gasteiger partial charge in [0.2, 0.25) is 0 Å². The van der Waals surface area contributed by atoms with Crippen LogP contribution >= 0.6 is 0 Å². The Morgan fingerprint density at radius 3 is 2.22 bits per heavy atom. The molecule has 1 radical (unpaired) electrons. The zero-order valence-corrected chi connectivity index (χ0v) is 13.2. The van der Waals surface area contributed by atoms with Crippen molar-refractivity contribution >= 4 is 7.28 Å². The summed E-state index contributed by atoms with van der Waals surface area (Å²) in [6.07, 6.45) is 2.39. The third kappa shape index (κ3) is 2.93. The quantitative estimate of drug-likeness (QED) is 0.673. The van der Waals surface area contributed by atoms with Crippen molar-refractivity contribution in [3.8, 4) is 0 Å². The number of methoxy groups -OCH3 is 1.